The van der Waals surface area contributed by atoms with E-state index >= 15 is 0 Å². The van der Waals surface area contributed by atoms with Gasteiger partial charge < -0.3 is 4.74 Å². The van der Waals surface area contributed by atoms with Crippen LogP contribution in [0.3, 0.4) is 0 Å². The second-order valence-electron chi connectivity index (χ2n) is 7.16. The lowest BCUT2D eigenvalue weighted by Gasteiger charge is -2.26. The molecule has 0 aliphatic carbocycles. The third kappa shape index (κ3) is 5.43. The number of nitrogens with zero attached hydrogens (tertiary/aromatic N) is 1. The number of rotatable bonds is 6. The predicted molar refractivity (Wildman–Crippen MR) is 94.7 cm³/mol. The second kappa shape index (κ2) is 8.06. The average molecular weight is 340 g/mol. The normalized spacial score (nSPS) is 16.2. The molecule has 0 bridgehead atoms. The molecule has 1 aromatic carbocycles. The van der Waals surface area contributed by atoms with Gasteiger partial charge in [0.05, 0.1) is 8.07 Å². The molecule has 0 amide bonds. The molecule has 1 saturated heterocycles. The van der Waals surface area contributed by atoms with Crippen molar-refractivity contribution in [3.63, 3.8) is 0 Å². The molecule has 0 radical (unpaired) electrons. The minimum Gasteiger partial charge on any atom is -0.492 e. The summed E-state index contributed by atoms with van der Waals surface area (Å²) >= 11 is 0. The van der Waals surface area contributed by atoms with Crippen molar-refractivity contribution in [2.24, 2.45) is 0 Å². The Bertz CT molecular complexity index is 527. The zero-order chi connectivity index (χ0) is 16.9. The van der Waals surface area contributed by atoms with E-state index in [-0.39, 0.29) is 5.20 Å². The van der Waals surface area contributed by atoms with Gasteiger partial charge in [-0.25, -0.2) is 0 Å². The molecular formula is C18H27F2NOSi. The van der Waals surface area contributed by atoms with Crippen molar-refractivity contribution in [2.75, 3.05) is 26.2 Å². The van der Waals surface area contributed by atoms with Crippen LogP contribution in [0.1, 0.15) is 24.8 Å². The van der Waals surface area contributed by atoms with Crippen LogP contribution < -0.4 is 4.74 Å². The first-order valence-electron chi connectivity index (χ1n) is 8.39. The minimum absolute atomic E-state index is 0.234. The number of hydrogen-bond acceptors (Lipinski definition) is 2. The van der Waals surface area contributed by atoms with Crippen molar-refractivity contribution in [3.8, 4) is 5.75 Å². The van der Waals surface area contributed by atoms with E-state index < -0.39 is 14.2 Å². The topological polar surface area (TPSA) is 12.5 Å². The summed E-state index contributed by atoms with van der Waals surface area (Å²) in [7, 11) is -2.07. The maximum absolute atomic E-state index is 13.3. The summed E-state index contributed by atoms with van der Waals surface area (Å²) in [5, 5.41) is 0.234. The first kappa shape index (κ1) is 18.1. The van der Waals surface area contributed by atoms with Crippen LogP contribution in [0.5, 0.6) is 5.75 Å². The summed E-state index contributed by atoms with van der Waals surface area (Å²) < 4.78 is 32.3. The van der Waals surface area contributed by atoms with Crippen molar-refractivity contribution >= 4 is 13.3 Å². The number of likely N-dealkylation sites (tertiary alicyclic amines) is 1. The third-order valence-electron chi connectivity index (χ3n) is 4.21. The highest BCUT2D eigenvalue weighted by molar-refractivity contribution is 6.93. The van der Waals surface area contributed by atoms with Crippen LogP contribution in [0.25, 0.3) is 5.20 Å². The van der Waals surface area contributed by atoms with Gasteiger partial charge in [-0.05, 0) is 43.6 Å². The third-order valence-corrected chi connectivity index (χ3v) is 6.18. The van der Waals surface area contributed by atoms with E-state index in [1.165, 1.54) is 19.3 Å². The monoisotopic (exact) mass is 339 g/mol. The lowest BCUT2D eigenvalue weighted by molar-refractivity contribution is 0.183. The summed E-state index contributed by atoms with van der Waals surface area (Å²) in [4.78, 5) is 2.42. The Hall–Kier alpha value is -1.20. The van der Waals surface area contributed by atoms with Gasteiger partial charge in [0.2, 0.25) is 0 Å². The van der Waals surface area contributed by atoms with E-state index in [1.807, 2.05) is 19.6 Å². The van der Waals surface area contributed by atoms with Gasteiger partial charge in [0.1, 0.15) is 12.4 Å². The molecule has 1 aliphatic heterocycles. The highest BCUT2D eigenvalue weighted by Crippen LogP contribution is 2.31. The van der Waals surface area contributed by atoms with Crippen molar-refractivity contribution in [1.29, 1.82) is 0 Å². The Balaban J connectivity index is 1.92. The average Bonchev–Trinajstić information content (AvgIpc) is 2.48. The van der Waals surface area contributed by atoms with Crippen molar-refractivity contribution < 1.29 is 13.5 Å². The quantitative estimate of drug-likeness (QED) is 0.674. The molecule has 5 heteroatoms. The van der Waals surface area contributed by atoms with Crippen LogP contribution in [0.2, 0.25) is 19.6 Å². The van der Waals surface area contributed by atoms with E-state index in [9.17, 15) is 8.78 Å². The Morgan fingerprint density at radius 2 is 1.65 bits per heavy atom. The van der Waals surface area contributed by atoms with Crippen molar-refractivity contribution in [1.82, 2.24) is 4.90 Å². The molecule has 2 nitrogen and oxygen atoms in total. The molecule has 2 rings (SSSR count). The van der Waals surface area contributed by atoms with Gasteiger partial charge in [-0.2, -0.15) is 8.78 Å². The zero-order valence-corrected chi connectivity index (χ0v) is 15.4. The smallest absolute Gasteiger partial charge is 0.270 e. The lowest BCUT2D eigenvalue weighted by Crippen LogP contribution is -2.33. The number of halogens is 2. The molecule has 0 aromatic heterocycles. The van der Waals surface area contributed by atoms with E-state index in [4.69, 9.17) is 4.74 Å². The van der Waals surface area contributed by atoms with Crippen LogP contribution in [-0.4, -0.2) is 39.2 Å². The first-order chi connectivity index (χ1) is 10.9. The molecule has 0 atom stereocenters. The Morgan fingerprint density at radius 1 is 1.04 bits per heavy atom. The summed E-state index contributed by atoms with van der Waals surface area (Å²) in [6, 6.07) is 7.11. The fraction of sp³-hybridized carbons (Fsp3) is 0.556. The van der Waals surface area contributed by atoms with E-state index in [2.05, 4.69) is 4.90 Å². The first-order valence-corrected chi connectivity index (χ1v) is 11.9. The van der Waals surface area contributed by atoms with E-state index in [0.717, 1.165) is 25.4 Å². The molecular weight excluding hydrogens is 312 g/mol. The maximum atomic E-state index is 13.3. The van der Waals surface area contributed by atoms with Gasteiger partial charge >= 0.3 is 0 Å². The van der Waals surface area contributed by atoms with Crippen molar-refractivity contribution in [3.05, 3.63) is 35.9 Å². The van der Waals surface area contributed by atoms with Crippen LogP contribution in [-0.2, 0) is 0 Å². The fourth-order valence-corrected chi connectivity index (χ4v) is 4.62. The summed E-state index contributed by atoms with van der Waals surface area (Å²) in [5.74, 6) is 0.750. The molecule has 128 valence electrons. The Kier molecular flexibility index (Phi) is 6.36. The van der Waals surface area contributed by atoms with Gasteiger partial charge in [0.25, 0.3) is 6.08 Å². The van der Waals surface area contributed by atoms with Crippen LogP contribution in [0.4, 0.5) is 8.78 Å². The number of piperidine rings is 1. The van der Waals surface area contributed by atoms with Gasteiger partial charge in [0, 0.05) is 11.7 Å². The van der Waals surface area contributed by atoms with E-state index in [1.54, 1.807) is 24.3 Å². The molecule has 0 N–H and O–H groups in total. The minimum atomic E-state index is -2.07. The molecule has 1 heterocycles. The number of hydrogen-bond donors (Lipinski definition) is 0. The highest BCUT2D eigenvalue weighted by atomic mass is 28.3. The lowest BCUT2D eigenvalue weighted by atomic mass is 10.1. The summed E-state index contributed by atoms with van der Waals surface area (Å²) in [6.07, 6.45) is 2.32. The highest BCUT2D eigenvalue weighted by Gasteiger charge is 2.26. The molecule has 1 aliphatic rings. The van der Waals surface area contributed by atoms with E-state index in [0.29, 0.717) is 12.2 Å². The second-order valence-corrected chi connectivity index (χ2v) is 12.2. The van der Waals surface area contributed by atoms with Gasteiger partial charge in [-0.15, -0.1) is 0 Å². The standard InChI is InChI=1S/C18H27F2NOSi/c1-23(2,3)17(18(19)20)15-7-9-16(10-8-15)22-14-13-21-11-5-4-6-12-21/h7-10H,4-6,11-14H2,1-3H3. The maximum Gasteiger partial charge on any atom is 0.270 e. The molecule has 0 unspecified atom stereocenters. The van der Waals surface area contributed by atoms with Gasteiger partial charge in [0.15, 0.2) is 0 Å². The van der Waals surface area contributed by atoms with Crippen LogP contribution >= 0.6 is 0 Å². The SMILES string of the molecule is C[Si](C)(C)C(=C(F)F)c1ccc(OCCN2CCCCC2)cc1. The largest absolute Gasteiger partial charge is 0.492 e. The molecule has 23 heavy (non-hydrogen) atoms. The predicted octanol–water partition coefficient (Wildman–Crippen LogP) is 5.04. The van der Waals surface area contributed by atoms with Crippen LogP contribution in [0.15, 0.2) is 30.3 Å². The Labute approximate surface area is 139 Å². The number of ether oxygens (including phenoxy) is 1. The van der Waals surface area contributed by atoms with Gasteiger partial charge in [-0.3, -0.25) is 4.90 Å². The fourth-order valence-electron chi connectivity index (χ4n) is 3.02. The van der Waals surface area contributed by atoms with Gasteiger partial charge in [-0.1, -0.05) is 38.2 Å². The summed E-state index contributed by atoms with van der Waals surface area (Å²) in [6.45, 7) is 9.69. The van der Waals surface area contributed by atoms with Crippen molar-refractivity contribution in [2.45, 2.75) is 38.9 Å². The van der Waals surface area contributed by atoms with Crippen LogP contribution in [0, 0.1) is 0 Å². The molecule has 0 saturated carbocycles. The zero-order valence-electron chi connectivity index (χ0n) is 14.4. The molecule has 1 fully saturated rings. The molecule has 1 aromatic rings. The molecule has 0 spiro atoms. The number of benzene rings is 1. The summed E-state index contributed by atoms with van der Waals surface area (Å²) in [5.41, 5.74) is 0.618. The Morgan fingerprint density at radius 3 is 2.17 bits per heavy atom.